The first-order valence-corrected chi connectivity index (χ1v) is 24.7. The predicted octanol–water partition coefficient (Wildman–Crippen LogP) is 9.29. The minimum atomic E-state index is -4.59. The van der Waals surface area contributed by atoms with E-state index in [1.165, 1.54) is 135 Å². The Hall–Kier alpha value is -1.35. The van der Waals surface area contributed by atoms with Crippen LogP contribution in [0.5, 0.6) is 0 Å². The number of hydrogen-bond acceptors (Lipinski definition) is 11. The van der Waals surface area contributed by atoms with Crippen LogP contribution in [0.3, 0.4) is 0 Å². The van der Waals surface area contributed by atoms with Gasteiger partial charge in [-0.2, -0.15) is 8.42 Å². The first-order chi connectivity index (χ1) is 27.5. The van der Waals surface area contributed by atoms with Crippen LogP contribution in [-0.4, -0.2) is 96.0 Å². The second kappa shape index (κ2) is 35.4. The predicted molar refractivity (Wildman–Crippen MR) is 224 cm³/mol. The molecule has 0 amide bonds. The first-order valence-electron chi connectivity index (χ1n) is 23.1. The van der Waals surface area contributed by atoms with Crippen molar-refractivity contribution in [2.75, 3.05) is 19.0 Å². The summed E-state index contributed by atoms with van der Waals surface area (Å²) in [5.74, 6) is -1.97. The lowest BCUT2D eigenvalue weighted by molar-refractivity contribution is -0.297. The van der Waals surface area contributed by atoms with Gasteiger partial charge in [0.1, 0.15) is 36.8 Å². The smallest absolute Gasteiger partial charge is 0.306 e. The third-order valence-corrected chi connectivity index (χ3v) is 11.7. The van der Waals surface area contributed by atoms with Gasteiger partial charge in [0.25, 0.3) is 10.1 Å². The summed E-state index contributed by atoms with van der Waals surface area (Å²) >= 11 is 0. The van der Waals surface area contributed by atoms with Crippen molar-refractivity contribution in [3.8, 4) is 0 Å². The SMILES string of the molecule is CCCCCCCCCCCCCCCCCCCCCCCC(=O)O[C@H](COC(=O)CCCCCCCCCC)CO[C@H]1O[C@H](CS(=O)(=O)O)[C@@H](O)C(O)C1O. The van der Waals surface area contributed by atoms with E-state index >= 15 is 0 Å². The number of aliphatic hydroxyl groups is 3. The molecular formula is C44H84O12S. The number of aliphatic hydroxyl groups excluding tert-OH is 3. The van der Waals surface area contributed by atoms with Crippen molar-refractivity contribution < 1.29 is 56.8 Å². The van der Waals surface area contributed by atoms with Crippen molar-refractivity contribution in [1.29, 1.82) is 0 Å². The Bertz CT molecular complexity index is 1070. The quantitative estimate of drug-likeness (QED) is 0.0262. The van der Waals surface area contributed by atoms with Crippen molar-refractivity contribution in [2.45, 2.75) is 250 Å². The van der Waals surface area contributed by atoms with Gasteiger partial charge in [-0.25, -0.2) is 0 Å². The molecule has 57 heavy (non-hydrogen) atoms. The third kappa shape index (κ3) is 30.4. The van der Waals surface area contributed by atoms with Crippen molar-refractivity contribution in [3.05, 3.63) is 0 Å². The highest BCUT2D eigenvalue weighted by Crippen LogP contribution is 2.24. The summed E-state index contributed by atoms with van der Waals surface area (Å²) < 4.78 is 53.9. The summed E-state index contributed by atoms with van der Waals surface area (Å²) in [5, 5.41) is 30.8. The second-order valence-corrected chi connectivity index (χ2v) is 17.9. The molecule has 338 valence electrons. The third-order valence-electron chi connectivity index (χ3n) is 10.9. The molecular weight excluding hydrogens is 753 g/mol. The molecule has 4 N–H and O–H groups in total. The number of rotatable bonds is 39. The standard InChI is InChI=1S/C44H84O12S/c1-3-5-7-9-11-13-14-15-16-17-18-19-20-21-22-23-24-25-27-29-31-33-40(46)55-37(34-53-39(45)32-30-28-26-12-10-8-6-4-2)35-54-44-43(49)42(48)41(47)38(56-44)36-57(50,51)52/h37-38,41-44,47-49H,3-36H2,1-2H3,(H,50,51,52)/t37-,38-,41-,42?,43?,44+/m1/s1. The molecule has 1 fully saturated rings. The number of esters is 2. The summed E-state index contributed by atoms with van der Waals surface area (Å²) in [4.78, 5) is 25.3. The van der Waals surface area contributed by atoms with Crippen molar-refractivity contribution in [3.63, 3.8) is 0 Å². The Morgan fingerprint density at radius 1 is 0.526 bits per heavy atom. The van der Waals surface area contributed by atoms with Gasteiger partial charge in [0.15, 0.2) is 12.4 Å². The molecule has 0 aromatic heterocycles. The van der Waals surface area contributed by atoms with E-state index in [1.807, 2.05) is 0 Å². The number of unbranched alkanes of at least 4 members (excludes halogenated alkanes) is 27. The molecule has 12 nitrogen and oxygen atoms in total. The zero-order chi connectivity index (χ0) is 42.0. The summed E-state index contributed by atoms with van der Waals surface area (Å²) in [6.07, 6.45) is 26.1. The van der Waals surface area contributed by atoms with Crippen LogP contribution in [0.4, 0.5) is 0 Å². The Morgan fingerprint density at radius 2 is 0.895 bits per heavy atom. The molecule has 1 aliphatic rings. The summed E-state index contributed by atoms with van der Waals surface area (Å²) in [7, 11) is -4.59. The van der Waals surface area contributed by atoms with Crippen LogP contribution in [0.2, 0.25) is 0 Å². The van der Waals surface area contributed by atoms with E-state index in [4.69, 9.17) is 18.9 Å². The maximum absolute atomic E-state index is 12.8. The minimum absolute atomic E-state index is 0.172. The van der Waals surface area contributed by atoms with Crippen LogP contribution in [0, 0.1) is 0 Å². The van der Waals surface area contributed by atoms with E-state index in [2.05, 4.69) is 13.8 Å². The largest absolute Gasteiger partial charge is 0.462 e. The van der Waals surface area contributed by atoms with Crippen molar-refractivity contribution >= 4 is 22.1 Å². The Balaban J connectivity index is 2.33. The molecule has 0 spiro atoms. The highest BCUT2D eigenvalue weighted by Gasteiger charge is 2.46. The molecule has 0 aliphatic carbocycles. The van der Waals surface area contributed by atoms with Crippen molar-refractivity contribution in [2.24, 2.45) is 0 Å². The van der Waals surface area contributed by atoms with E-state index in [1.54, 1.807) is 0 Å². The lowest BCUT2D eigenvalue weighted by atomic mass is 10.00. The zero-order valence-electron chi connectivity index (χ0n) is 36.0. The molecule has 6 atom stereocenters. The van der Waals surface area contributed by atoms with Crippen molar-refractivity contribution in [1.82, 2.24) is 0 Å². The van der Waals surface area contributed by atoms with Gasteiger partial charge in [-0.05, 0) is 12.8 Å². The van der Waals surface area contributed by atoms with E-state index in [0.717, 1.165) is 38.5 Å². The van der Waals surface area contributed by atoms with Gasteiger partial charge in [-0.3, -0.25) is 14.1 Å². The maximum Gasteiger partial charge on any atom is 0.306 e. The molecule has 0 radical (unpaired) electrons. The monoisotopic (exact) mass is 837 g/mol. The average Bonchev–Trinajstić information content (AvgIpc) is 3.17. The summed E-state index contributed by atoms with van der Waals surface area (Å²) in [6.45, 7) is 3.74. The van der Waals surface area contributed by atoms with Gasteiger partial charge >= 0.3 is 11.9 Å². The molecule has 13 heteroatoms. The molecule has 2 unspecified atom stereocenters. The number of carbonyl (C=O) groups is 2. The van der Waals surface area contributed by atoms with Gasteiger partial charge in [-0.15, -0.1) is 0 Å². The molecule has 1 aliphatic heterocycles. The van der Waals surface area contributed by atoms with E-state index < -0.39 is 71.2 Å². The average molecular weight is 837 g/mol. The molecule has 0 saturated carbocycles. The van der Waals surface area contributed by atoms with Crippen LogP contribution < -0.4 is 0 Å². The molecule has 1 heterocycles. The highest BCUT2D eigenvalue weighted by molar-refractivity contribution is 7.85. The lowest BCUT2D eigenvalue weighted by Crippen LogP contribution is -2.60. The molecule has 1 saturated heterocycles. The van der Waals surface area contributed by atoms with Gasteiger partial charge < -0.3 is 34.3 Å². The number of hydrogen-bond donors (Lipinski definition) is 4. The normalized spacial score (nSPS) is 20.4. The van der Waals surface area contributed by atoms with Crippen LogP contribution >= 0.6 is 0 Å². The van der Waals surface area contributed by atoms with E-state index in [9.17, 15) is 37.9 Å². The Kier molecular flexibility index (Phi) is 33.3. The minimum Gasteiger partial charge on any atom is -0.462 e. The van der Waals surface area contributed by atoms with Gasteiger partial charge in [-0.1, -0.05) is 187 Å². The van der Waals surface area contributed by atoms with Crippen LogP contribution in [0.25, 0.3) is 0 Å². The fourth-order valence-electron chi connectivity index (χ4n) is 7.33. The number of ether oxygens (including phenoxy) is 4. The molecule has 0 aromatic carbocycles. The second-order valence-electron chi connectivity index (χ2n) is 16.4. The highest BCUT2D eigenvalue weighted by atomic mass is 32.2. The maximum atomic E-state index is 12.8. The molecule has 1 rings (SSSR count). The molecule has 0 aromatic rings. The number of carbonyl (C=O) groups excluding carboxylic acids is 2. The van der Waals surface area contributed by atoms with E-state index in [0.29, 0.717) is 12.8 Å². The topological polar surface area (TPSA) is 186 Å². The van der Waals surface area contributed by atoms with Gasteiger partial charge in [0.2, 0.25) is 0 Å². The van der Waals surface area contributed by atoms with Crippen LogP contribution in [0.15, 0.2) is 0 Å². The van der Waals surface area contributed by atoms with Crippen LogP contribution in [-0.2, 0) is 38.7 Å². The van der Waals surface area contributed by atoms with Crippen LogP contribution in [0.1, 0.15) is 213 Å². The summed E-state index contributed by atoms with van der Waals surface area (Å²) in [6, 6.07) is 0. The fourth-order valence-corrected chi connectivity index (χ4v) is 8.02. The van der Waals surface area contributed by atoms with Gasteiger partial charge in [0, 0.05) is 12.8 Å². The fraction of sp³-hybridized carbons (Fsp3) is 0.955. The van der Waals surface area contributed by atoms with E-state index in [-0.39, 0.29) is 19.4 Å². The first kappa shape index (κ1) is 53.7. The Morgan fingerprint density at radius 3 is 1.28 bits per heavy atom. The Labute approximate surface area is 346 Å². The van der Waals surface area contributed by atoms with Gasteiger partial charge in [0.05, 0.1) is 6.61 Å². The zero-order valence-corrected chi connectivity index (χ0v) is 36.8. The molecule has 0 bridgehead atoms. The lowest BCUT2D eigenvalue weighted by Gasteiger charge is -2.40. The summed E-state index contributed by atoms with van der Waals surface area (Å²) in [5.41, 5.74) is 0.